The number of hydrogen-bond donors (Lipinski definition) is 2. The number of hydrogen-bond acceptors (Lipinski definition) is 4. The van der Waals surface area contributed by atoms with Gasteiger partial charge in [-0.05, 0) is 43.1 Å². The maximum absolute atomic E-state index is 13.1. The predicted octanol–water partition coefficient (Wildman–Crippen LogP) is 3.53. The van der Waals surface area contributed by atoms with E-state index in [1.165, 1.54) is 24.7 Å². The summed E-state index contributed by atoms with van der Waals surface area (Å²) in [6.45, 7) is 7.48. The Hall–Kier alpha value is -2.37. The molecule has 0 saturated carbocycles. The number of nitrogens with zero attached hydrogens (tertiary/aromatic N) is 4. The van der Waals surface area contributed by atoms with E-state index < -0.39 is 29.7 Å². The van der Waals surface area contributed by atoms with Crippen LogP contribution >= 0.6 is 15.9 Å². The lowest BCUT2D eigenvalue weighted by Crippen LogP contribution is -2.28. The van der Waals surface area contributed by atoms with Gasteiger partial charge in [-0.25, -0.2) is 0 Å². The molecule has 2 rings (SSSR count). The lowest BCUT2D eigenvalue weighted by Gasteiger charge is -2.14. The molecule has 1 atom stereocenters. The number of anilines is 1. The average Bonchev–Trinajstić information content (AvgIpc) is 3.20. The zero-order valence-corrected chi connectivity index (χ0v) is 18.0. The Kier molecular flexibility index (Phi) is 7.09. The highest BCUT2D eigenvalue weighted by Crippen LogP contribution is 2.36. The summed E-state index contributed by atoms with van der Waals surface area (Å²) < 4.78 is 41.5. The molecule has 8 nitrogen and oxygen atoms in total. The maximum Gasteiger partial charge on any atom is 0.436 e. The van der Waals surface area contributed by atoms with Crippen LogP contribution in [0.25, 0.3) is 0 Å². The molecule has 0 aliphatic carbocycles. The van der Waals surface area contributed by atoms with E-state index in [0.717, 1.165) is 11.1 Å². The molecule has 2 amide bonds. The second-order valence-corrected chi connectivity index (χ2v) is 7.15. The van der Waals surface area contributed by atoms with Gasteiger partial charge in [-0.15, -0.1) is 0 Å². The molecule has 0 spiro atoms. The minimum atomic E-state index is -4.65. The average molecular weight is 479 g/mol. The number of alkyl halides is 3. The van der Waals surface area contributed by atoms with Crippen molar-refractivity contribution in [3.8, 4) is 0 Å². The highest BCUT2D eigenvalue weighted by molar-refractivity contribution is 9.10. The molecule has 1 unspecified atom stereocenters. The van der Waals surface area contributed by atoms with Crippen LogP contribution in [0.1, 0.15) is 55.1 Å². The van der Waals surface area contributed by atoms with Crippen molar-refractivity contribution in [3.05, 3.63) is 27.8 Å². The first-order valence-corrected chi connectivity index (χ1v) is 9.78. The van der Waals surface area contributed by atoms with Crippen LogP contribution < -0.4 is 10.6 Å². The summed E-state index contributed by atoms with van der Waals surface area (Å²) in [5, 5.41) is 12.9. The molecule has 0 radical (unpaired) electrons. The fourth-order valence-electron chi connectivity index (χ4n) is 2.57. The van der Waals surface area contributed by atoms with Crippen LogP contribution in [0.15, 0.2) is 10.7 Å². The van der Waals surface area contributed by atoms with E-state index in [1.54, 1.807) is 0 Å². The van der Waals surface area contributed by atoms with Gasteiger partial charge in [0.05, 0.1) is 15.9 Å². The van der Waals surface area contributed by atoms with Gasteiger partial charge in [0, 0.05) is 19.3 Å². The highest BCUT2D eigenvalue weighted by Gasteiger charge is 2.39. The van der Waals surface area contributed by atoms with Crippen molar-refractivity contribution in [3.63, 3.8) is 0 Å². The molecule has 29 heavy (non-hydrogen) atoms. The first kappa shape index (κ1) is 22.9. The summed E-state index contributed by atoms with van der Waals surface area (Å²) in [5.74, 6) is -1.07. The lowest BCUT2D eigenvalue weighted by molar-refractivity contribution is -0.142. The van der Waals surface area contributed by atoms with Crippen molar-refractivity contribution < 1.29 is 22.8 Å². The molecule has 0 aromatic carbocycles. The Morgan fingerprint density at radius 3 is 2.45 bits per heavy atom. The quantitative estimate of drug-likeness (QED) is 0.636. The lowest BCUT2D eigenvalue weighted by atomic mass is 10.2. The van der Waals surface area contributed by atoms with Crippen LogP contribution in [0.5, 0.6) is 0 Å². The van der Waals surface area contributed by atoms with Gasteiger partial charge in [0.25, 0.3) is 5.91 Å². The number of aryl methyl sites for hydroxylation is 1. The number of amides is 2. The van der Waals surface area contributed by atoms with Crippen molar-refractivity contribution in [1.29, 1.82) is 0 Å². The molecule has 0 bridgehead atoms. The van der Waals surface area contributed by atoms with Crippen molar-refractivity contribution in [1.82, 2.24) is 24.9 Å². The number of rotatable bonds is 7. The Bertz CT molecular complexity index is 906. The van der Waals surface area contributed by atoms with Crippen molar-refractivity contribution in [2.24, 2.45) is 0 Å². The van der Waals surface area contributed by atoms with E-state index in [9.17, 15) is 22.8 Å². The van der Waals surface area contributed by atoms with Crippen LogP contribution in [0.2, 0.25) is 0 Å². The van der Waals surface area contributed by atoms with E-state index in [-0.39, 0.29) is 21.5 Å². The normalized spacial score (nSPS) is 12.7. The van der Waals surface area contributed by atoms with E-state index in [0.29, 0.717) is 13.1 Å². The topological polar surface area (TPSA) is 93.8 Å². The molecule has 2 N–H and O–H groups in total. The molecular weight excluding hydrogens is 457 g/mol. The van der Waals surface area contributed by atoms with E-state index >= 15 is 0 Å². The van der Waals surface area contributed by atoms with Crippen LogP contribution in [0, 0.1) is 6.92 Å². The first-order chi connectivity index (χ1) is 13.5. The van der Waals surface area contributed by atoms with Gasteiger partial charge in [0.15, 0.2) is 11.4 Å². The zero-order chi connectivity index (χ0) is 21.9. The fraction of sp³-hybridized carbons (Fsp3) is 0.529. The molecule has 0 saturated heterocycles. The first-order valence-electron chi connectivity index (χ1n) is 8.99. The third-order valence-electron chi connectivity index (χ3n) is 4.19. The van der Waals surface area contributed by atoms with Crippen molar-refractivity contribution in [2.75, 3.05) is 11.9 Å². The minimum Gasteiger partial charge on any atom is -0.351 e. The summed E-state index contributed by atoms with van der Waals surface area (Å²) in [6, 6.07) is -1.06. The van der Waals surface area contributed by atoms with Gasteiger partial charge in [0.2, 0.25) is 5.91 Å². The van der Waals surface area contributed by atoms with Gasteiger partial charge in [-0.3, -0.25) is 19.0 Å². The Morgan fingerprint density at radius 2 is 1.93 bits per heavy atom. The van der Waals surface area contributed by atoms with E-state index in [4.69, 9.17) is 0 Å². The largest absolute Gasteiger partial charge is 0.436 e. The van der Waals surface area contributed by atoms with E-state index in [2.05, 4.69) is 36.8 Å². The van der Waals surface area contributed by atoms with E-state index in [1.807, 2.05) is 13.8 Å². The summed E-state index contributed by atoms with van der Waals surface area (Å²) in [5.41, 5.74) is -0.731. The van der Waals surface area contributed by atoms with Gasteiger partial charge in [-0.1, -0.05) is 6.92 Å². The Labute approximate surface area is 174 Å². The Balaban J connectivity index is 2.29. The standard InChI is InChI=1S/C17H22BrF3N6O2/c1-5-7-22-16(29)13-11(8-26(6-2)24-13)23-15(28)10(4)27-9(3)12(18)14(25-27)17(19,20)21/h8,10H,5-7H2,1-4H3,(H,22,29)(H,23,28). The number of halogens is 4. The molecule has 12 heteroatoms. The number of nitrogens with one attached hydrogen (secondary N) is 2. The van der Waals surface area contributed by atoms with Crippen LogP contribution in [-0.2, 0) is 17.5 Å². The molecule has 160 valence electrons. The predicted molar refractivity (Wildman–Crippen MR) is 104 cm³/mol. The monoisotopic (exact) mass is 478 g/mol. The maximum atomic E-state index is 13.1. The molecule has 2 aromatic rings. The summed E-state index contributed by atoms with van der Waals surface area (Å²) in [7, 11) is 0. The summed E-state index contributed by atoms with van der Waals surface area (Å²) >= 11 is 2.89. The van der Waals surface area contributed by atoms with Gasteiger partial charge in [-0.2, -0.15) is 23.4 Å². The third-order valence-corrected chi connectivity index (χ3v) is 5.14. The second kappa shape index (κ2) is 8.97. The van der Waals surface area contributed by atoms with Crippen LogP contribution in [-0.4, -0.2) is 37.9 Å². The fourth-order valence-corrected chi connectivity index (χ4v) is 3.06. The van der Waals surface area contributed by atoms with Gasteiger partial charge in [0.1, 0.15) is 6.04 Å². The molecule has 0 aliphatic rings. The molecule has 2 aromatic heterocycles. The molecule has 0 fully saturated rings. The molecular formula is C17H22BrF3N6O2. The zero-order valence-electron chi connectivity index (χ0n) is 16.4. The number of carbonyl (C=O) groups excluding carboxylic acids is 2. The molecule has 2 heterocycles. The number of aromatic nitrogens is 4. The Morgan fingerprint density at radius 1 is 1.28 bits per heavy atom. The van der Waals surface area contributed by atoms with Gasteiger partial charge < -0.3 is 10.6 Å². The SMILES string of the molecule is CCCNC(=O)c1nn(CC)cc1NC(=O)C(C)n1nc(C(F)(F)F)c(Br)c1C. The second-order valence-electron chi connectivity index (χ2n) is 6.36. The molecule has 0 aliphatic heterocycles. The third kappa shape index (κ3) is 4.98. The number of carbonyl (C=O) groups is 2. The smallest absolute Gasteiger partial charge is 0.351 e. The summed E-state index contributed by atoms with van der Waals surface area (Å²) in [6.07, 6.45) is -2.43. The van der Waals surface area contributed by atoms with Gasteiger partial charge >= 0.3 is 6.18 Å². The summed E-state index contributed by atoms with van der Waals surface area (Å²) in [4.78, 5) is 25.0. The van der Waals surface area contributed by atoms with Crippen molar-refractivity contribution in [2.45, 2.75) is 52.9 Å². The van der Waals surface area contributed by atoms with Crippen LogP contribution in [0.3, 0.4) is 0 Å². The highest BCUT2D eigenvalue weighted by atomic mass is 79.9. The van der Waals surface area contributed by atoms with Crippen molar-refractivity contribution >= 4 is 33.4 Å². The minimum absolute atomic E-state index is 0.0372. The van der Waals surface area contributed by atoms with Crippen LogP contribution in [0.4, 0.5) is 18.9 Å².